The maximum absolute atomic E-state index is 13.3. The standard InChI is InChI=1S/C31H44N6O5/c1-17(2)27-30(40)34-20(5)31(41)37-13-7-8-25(36-37)29(39)33-19(4)21-9-10-22-16-32-24(15-23(22)14-21)11-12-26(42-6)18(3)28(38)35-27/h9-10,14-20,25-27,36H,7-8,11-13H2,1-6H3,(H,33,39)(H,34,40)(H,35,38)/t18?,19-,20?,25?,26?,27?/m1/s1. The summed E-state index contributed by atoms with van der Waals surface area (Å²) in [5.74, 6) is -2.03. The van der Waals surface area contributed by atoms with Gasteiger partial charge in [0.05, 0.1) is 18.1 Å². The zero-order valence-electron chi connectivity index (χ0n) is 25.4. The minimum absolute atomic E-state index is 0.198. The summed E-state index contributed by atoms with van der Waals surface area (Å²) in [5, 5.41) is 12.1. The second-order valence-electron chi connectivity index (χ2n) is 11.9. The molecule has 2 aliphatic rings. The molecule has 2 aliphatic heterocycles. The molecule has 1 saturated heterocycles. The second kappa shape index (κ2) is 13.6. The number of rotatable bonds is 2. The van der Waals surface area contributed by atoms with Crippen molar-refractivity contribution in [3.05, 3.63) is 41.7 Å². The van der Waals surface area contributed by atoms with Crippen LogP contribution in [0.3, 0.4) is 0 Å². The smallest absolute Gasteiger partial charge is 0.258 e. The first-order valence-corrected chi connectivity index (χ1v) is 14.9. The molecule has 3 heterocycles. The Balaban J connectivity index is 1.65. The molecule has 0 spiro atoms. The van der Waals surface area contributed by atoms with E-state index in [9.17, 15) is 19.2 Å². The average Bonchev–Trinajstić information content (AvgIpc) is 2.98. The highest BCUT2D eigenvalue weighted by Crippen LogP contribution is 2.23. The van der Waals surface area contributed by atoms with Gasteiger partial charge in [0.1, 0.15) is 18.1 Å². The van der Waals surface area contributed by atoms with Crippen molar-refractivity contribution < 1.29 is 23.9 Å². The van der Waals surface area contributed by atoms with E-state index in [0.29, 0.717) is 32.2 Å². The minimum Gasteiger partial charge on any atom is -0.381 e. The third-order valence-electron chi connectivity index (χ3n) is 8.36. The van der Waals surface area contributed by atoms with Crippen molar-refractivity contribution in [2.45, 2.75) is 90.6 Å². The molecule has 11 nitrogen and oxygen atoms in total. The number of hydrogen-bond donors (Lipinski definition) is 4. The molecular formula is C31H44N6O5. The lowest BCUT2D eigenvalue weighted by atomic mass is 9.95. The van der Waals surface area contributed by atoms with Crippen LogP contribution in [-0.2, 0) is 30.3 Å². The highest BCUT2D eigenvalue weighted by atomic mass is 16.5. The Morgan fingerprint density at radius 1 is 0.905 bits per heavy atom. The van der Waals surface area contributed by atoms with E-state index in [-0.39, 0.29) is 29.7 Å². The maximum Gasteiger partial charge on any atom is 0.258 e. The van der Waals surface area contributed by atoms with Gasteiger partial charge in [0.25, 0.3) is 5.91 Å². The second-order valence-corrected chi connectivity index (χ2v) is 11.9. The number of aryl methyl sites for hydroxylation is 1. The van der Waals surface area contributed by atoms with Gasteiger partial charge in [-0.15, -0.1) is 0 Å². The van der Waals surface area contributed by atoms with E-state index < -0.39 is 36.1 Å². The number of nitrogens with one attached hydrogen (secondary N) is 4. The Kier molecular flexibility index (Phi) is 10.2. The molecule has 5 unspecified atom stereocenters. The van der Waals surface area contributed by atoms with E-state index in [1.165, 1.54) is 5.01 Å². The Labute approximate surface area is 247 Å². The molecule has 42 heavy (non-hydrogen) atoms. The Bertz CT molecular complexity index is 1320. The quantitative estimate of drug-likeness (QED) is 0.427. The molecule has 1 aromatic carbocycles. The molecule has 0 aliphatic carbocycles. The number of benzene rings is 1. The number of nitrogens with zero attached hydrogens (tertiary/aromatic N) is 2. The number of carbonyl (C=O) groups is 4. The molecule has 1 aromatic heterocycles. The van der Waals surface area contributed by atoms with E-state index >= 15 is 0 Å². The number of methoxy groups -OCH3 is 1. The predicted octanol–water partition coefficient (Wildman–Crippen LogP) is 2.15. The summed E-state index contributed by atoms with van der Waals surface area (Å²) in [6.45, 7) is 9.42. The fourth-order valence-corrected chi connectivity index (χ4v) is 5.59. The van der Waals surface area contributed by atoms with Gasteiger partial charge < -0.3 is 20.7 Å². The van der Waals surface area contributed by atoms with Gasteiger partial charge in [-0.2, -0.15) is 0 Å². The van der Waals surface area contributed by atoms with Gasteiger partial charge in [0, 0.05) is 30.9 Å². The third kappa shape index (κ3) is 7.25. The summed E-state index contributed by atoms with van der Waals surface area (Å²) in [6, 6.07) is 5.52. The van der Waals surface area contributed by atoms with Crippen LogP contribution in [0.4, 0.5) is 0 Å². The van der Waals surface area contributed by atoms with E-state index in [4.69, 9.17) is 4.74 Å². The summed E-state index contributed by atoms with van der Waals surface area (Å²) in [6.07, 6.45) is 3.82. The fraction of sp³-hybridized carbons (Fsp3) is 0.581. The first kappa shape index (κ1) is 31.4. The summed E-state index contributed by atoms with van der Waals surface area (Å²) >= 11 is 0. The highest BCUT2D eigenvalue weighted by molar-refractivity contribution is 5.93. The van der Waals surface area contributed by atoms with Gasteiger partial charge >= 0.3 is 0 Å². The molecule has 1 fully saturated rings. The molecule has 228 valence electrons. The van der Waals surface area contributed by atoms with Crippen molar-refractivity contribution in [1.82, 2.24) is 31.4 Å². The van der Waals surface area contributed by atoms with Crippen molar-refractivity contribution in [2.75, 3.05) is 13.7 Å². The molecular weight excluding hydrogens is 536 g/mol. The minimum atomic E-state index is -0.862. The molecule has 4 N–H and O–H groups in total. The summed E-state index contributed by atoms with van der Waals surface area (Å²) in [7, 11) is 1.58. The van der Waals surface area contributed by atoms with Crippen LogP contribution >= 0.6 is 0 Å². The Hall–Kier alpha value is -3.57. The van der Waals surface area contributed by atoms with E-state index in [0.717, 1.165) is 22.0 Å². The largest absolute Gasteiger partial charge is 0.381 e. The van der Waals surface area contributed by atoms with E-state index in [2.05, 4.69) is 32.4 Å². The van der Waals surface area contributed by atoms with Gasteiger partial charge in [-0.05, 0) is 68.5 Å². The van der Waals surface area contributed by atoms with Crippen LogP contribution in [0.5, 0.6) is 0 Å². The lowest BCUT2D eigenvalue weighted by molar-refractivity contribution is -0.143. The number of ether oxygens (including phenoxy) is 1. The summed E-state index contributed by atoms with van der Waals surface area (Å²) in [5.41, 5.74) is 4.88. The Morgan fingerprint density at radius 2 is 1.64 bits per heavy atom. The van der Waals surface area contributed by atoms with Crippen LogP contribution < -0.4 is 21.4 Å². The van der Waals surface area contributed by atoms with Gasteiger partial charge in [-0.3, -0.25) is 29.2 Å². The number of fused-ring (bicyclic) bond motifs is 4. The van der Waals surface area contributed by atoms with Gasteiger partial charge in [-0.25, -0.2) is 5.43 Å². The highest BCUT2D eigenvalue weighted by Gasteiger charge is 2.34. The van der Waals surface area contributed by atoms with Gasteiger partial charge in [0.2, 0.25) is 17.7 Å². The van der Waals surface area contributed by atoms with Crippen LogP contribution in [0.15, 0.2) is 30.5 Å². The van der Waals surface area contributed by atoms with E-state index in [1.54, 1.807) is 21.0 Å². The zero-order valence-corrected chi connectivity index (χ0v) is 25.4. The molecule has 0 saturated carbocycles. The van der Waals surface area contributed by atoms with Gasteiger partial charge in [0.15, 0.2) is 0 Å². The number of aromatic nitrogens is 1. The summed E-state index contributed by atoms with van der Waals surface area (Å²) < 4.78 is 5.70. The molecule has 0 radical (unpaired) electrons. The lowest BCUT2D eigenvalue weighted by Gasteiger charge is -2.35. The van der Waals surface area contributed by atoms with Gasteiger partial charge in [-0.1, -0.05) is 32.9 Å². The average molecular weight is 581 g/mol. The number of hydrogen-bond acceptors (Lipinski definition) is 7. The van der Waals surface area contributed by atoms with Crippen LogP contribution in [0, 0.1) is 11.8 Å². The predicted molar refractivity (Wildman–Crippen MR) is 159 cm³/mol. The molecule has 5 bridgehead atoms. The third-order valence-corrected chi connectivity index (χ3v) is 8.36. The van der Waals surface area contributed by atoms with Crippen molar-refractivity contribution in [2.24, 2.45) is 11.8 Å². The monoisotopic (exact) mass is 580 g/mol. The molecule has 6 atom stereocenters. The fourth-order valence-electron chi connectivity index (χ4n) is 5.59. The van der Waals surface area contributed by atoms with Crippen LogP contribution in [0.2, 0.25) is 0 Å². The van der Waals surface area contributed by atoms with E-state index in [1.807, 2.05) is 45.2 Å². The maximum atomic E-state index is 13.3. The number of amides is 4. The Morgan fingerprint density at radius 3 is 2.36 bits per heavy atom. The number of carbonyl (C=O) groups excluding carboxylic acids is 4. The van der Waals surface area contributed by atoms with Crippen molar-refractivity contribution in [1.29, 1.82) is 0 Å². The topological polar surface area (TPSA) is 142 Å². The van der Waals surface area contributed by atoms with Crippen molar-refractivity contribution >= 4 is 34.4 Å². The summed E-state index contributed by atoms with van der Waals surface area (Å²) in [4.78, 5) is 57.6. The SMILES string of the molecule is COC1CCc2cc3cc(ccc3cn2)[C@@H](C)NC(=O)C2CCCN(N2)C(=O)C(C)NC(=O)C(C(C)C)NC(=O)C1C. The van der Waals surface area contributed by atoms with Crippen LogP contribution in [-0.4, -0.2) is 71.5 Å². The van der Waals surface area contributed by atoms with Crippen LogP contribution in [0.25, 0.3) is 10.8 Å². The van der Waals surface area contributed by atoms with Crippen molar-refractivity contribution in [3.8, 4) is 0 Å². The number of hydrazine groups is 1. The molecule has 11 heteroatoms. The molecule has 4 rings (SSSR count). The zero-order chi connectivity index (χ0) is 30.6. The first-order valence-electron chi connectivity index (χ1n) is 14.9. The normalized spacial score (nSPS) is 28.7. The lowest BCUT2D eigenvalue weighted by Crippen LogP contribution is -2.62. The van der Waals surface area contributed by atoms with Crippen LogP contribution in [0.1, 0.15) is 71.2 Å². The number of pyridine rings is 1. The molecule has 4 amide bonds. The first-order chi connectivity index (χ1) is 20.0. The van der Waals surface area contributed by atoms with Crippen molar-refractivity contribution in [3.63, 3.8) is 0 Å². The molecule has 2 aromatic rings.